The average Bonchev–Trinajstić information content (AvgIpc) is 2.39. The fourth-order valence-electron chi connectivity index (χ4n) is 2.51. The molecule has 0 bridgehead atoms. The van der Waals surface area contributed by atoms with Crippen molar-refractivity contribution in [2.24, 2.45) is 5.41 Å². The molecule has 0 unspecified atom stereocenters. The molecule has 0 saturated heterocycles. The van der Waals surface area contributed by atoms with Gasteiger partial charge in [-0.05, 0) is 18.9 Å². The van der Waals surface area contributed by atoms with Gasteiger partial charge in [-0.15, -0.1) is 0 Å². The minimum Gasteiger partial charge on any atom is -0.396 e. The third kappa shape index (κ3) is 3.12. The average molecular weight is 273 g/mol. The standard InChI is InChI=1S/C13H18ClFN2O/c14-10-6-11(15)12(16-7-10)17-8-13(9-18)4-2-1-3-5-13/h6-7,18H,1-5,8-9H2,(H,16,17). The van der Waals surface area contributed by atoms with E-state index in [1.165, 1.54) is 18.7 Å². The predicted molar refractivity (Wildman–Crippen MR) is 70.3 cm³/mol. The van der Waals surface area contributed by atoms with E-state index < -0.39 is 5.82 Å². The summed E-state index contributed by atoms with van der Waals surface area (Å²) >= 11 is 5.65. The zero-order chi connectivity index (χ0) is 13.0. The number of hydrogen-bond donors (Lipinski definition) is 2. The van der Waals surface area contributed by atoms with Gasteiger partial charge in [0.05, 0.1) is 11.6 Å². The maximum atomic E-state index is 13.6. The third-order valence-corrected chi connectivity index (χ3v) is 3.89. The molecule has 100 valence electrons. The Morgan fingerprint density at radius 1 is 1.39 bits per heavy atom. The molecule has 0 atom stereocenters. The highest BCUT2D eigenvalue weighted by atomic mass is 35.5. The summed E-state index contributed by atoms with van der Waals surface area (Å²) in [4.78, 5) is 3.93. The van der Waals surface area contributed by atoms with Gasteiger partial charge in [0.15, 0.2) is 11.6 Å². The van der Waals surface area contributed by atoms with Gasteiger partial charge in [-0.1, -0.05) is 30.9 Å². The minimum atomic E-state index is -0.452. The second kappa shape index (κ2) is 5.85. The molecule has 0 radical (unpaired) electrons. The first kappa shape index (κ1) is 13.6. The Balaban J connectivity index is 2.01. The van der Waals surface area contributed by atoms with Crippen molar-refractivity contribution in [3.8, 4) is 0 Å². The van der Waals surface area contributed by atoms with Crippen LogP contribution in [0.15, 0.2) is 12.3 Å². The Morgan fingerprint density at radius 3 is 2.72 bits per heavy atom. The number of aromatic nitrogens is 1. The SMILES string of the molecule is OCC1(CNc2ncc(Cl)cc2F)CCCCC1. The lowest BCUT2D eigenvalue weighted by Gasteiger charge is -2.35. The van der Waals surface area contributed by atoms with Crippen molar-refractivity contribution in [2.75, 3.05) is 18.5 Å². The van der Waals surface area contributed by atoms with Crippen molar-refractivity contribution in [3.63, 3.8) is 0 Å². The Labute approximate surface area is 111 Å². The Bertz CT molecular complexity index is 408. The molecule has 1 aromatic heterocycles. The highest BCUT2D eigenvalue weighted by Crippen LogP contribution is 2.36. The molecule has 0 aromatic carbocycles. The number of nitrogens with zero attached hydrogens (tertiary/aromatic N) is 1. The van der Waals surface area contributed by atoms with E-state index in [0.717, 1.165) is 25.7 Å². The van der Waals surface area contributed by atoms with Crippen molar-refractivity contribution in [2.45, 2.75) is 32.1 Å². The van der Waals surface area contributed by atoms with E-state index in [4.69, 9.17) is 11.6 Å². The van der Waals surface area contributed by atoms with Crippen LogP contribution in [0.1, 0.15) is 32.1 Å². The number of anilines is 1. The highest BCUT2D eigenvalue weighted by Gasteiger charge is 2.31. The smallest absolute Gasteiger partial charge is 0.166 e. The lowest BCUT2D eigenvalue weighted by Crippen LogP contribution is -2.35. The topological polar surface area (TPSA) is 45.1 Å². The van der Waals surface area contributed by atoms with Gasteiger partial charge in [0.25, 0.3) is 0 Å². The van der Waals surface area contributed by atoms with Crippen LogP contribution in [0.3, 0.4) is 0 Å². The maximum absolute atomic E-state index is 13.6. The van der Waals surface area contributed by atoms with Crippen LogP contribution in [0.5, 0.6) is 0 Å². The van der Waals surface area contributed by atoms with Crippen LogP contribution in [0, 0.1) is 11.2 Å². The minimum absolute atomic E-state index is 0.133. The van der Waals surface area contributed by atoms with Crippen LogP contribution >= 0.6 is 11.6 Å². The summed E-state index contributed by atoms with van der Waals surface area (Å²) in [6.45, 7) is 0.685. The summed E-state index contributed by atoms with van der Waals surface area (Å²) in [5.41, 5.74) is -0.133. The Hall–Kier alpha value is -0.870. The first-order valence-corrected chi connectivity index (χ1v) is 6.69. The van der Waals surface area contributed by atoms with Gasteiger partial charge in [-0.2, -0.15) is 0 Å². The summed E-state index contributed by atoms with van der Waals surface area (Å²) in [7, 11) is 0. The van der Waals surface area contributed by atoms with Gasteiger partial charge in [0, 0.05) is 18.2 Å². The number of nitrogens with one attached hydrogen (secondary N) is 1. The second-order valence-electron chi connectivity index (χ2n) is 5.06. The number of hydrogen-bond acceptors (Lipinski definition) is 3. The summed E-state index contributed by atoms with van der Waals surface area (Å²) in [5.74, 6) is -0.246. The molecular weight excluding hydrogens is 255 g/mol. The summed E-state index contributed by atoms with van der Waals surface area (Å²) in [5, 5.41) is 12.8. The molecule has 0 amide bonds. The predicted octanol–water partition coefficient (Wildman–Crippen LogP) is 3.23. The third-order valence-electron chi connectivity index (χ3n) is 3.69. The van der Waals surface area contributed by atoms with E-state index in [1.54, 1.807) is 0 Å². The molecule has 1 aliphatic carbocycles. The van der Waals surface area contributed by atoms with Crippen LogP contribution in [-0.4, -0.2) is 23.2 Å². The van der Waals surface area contributed by atoms with Gasteiger partial charge in [0.1, 0.15) is 0 Å². The molecule has 1 aliphatic rings. The molecule has 2 rings (SSSR count). The van der Waals surface area contributed by atoms with E-state index in [2.05, 4.69) is 10.3 Å². The zero-order valence-corrected chi connectivity index (χ0v) is 11.0. The number of halogens is 2. The normalized spacial score (nSPS) is 18.6. The molecule has 5 heteroatoms. The first-order chi connectivity index (χ1) is 8.65. The summed E-state index contributed by atoms with van der Waals surface area (Å²) in [6.07, 6.45) is 6.84. The molecule has 1 aromatic rings. The van der Waals surface area contributed by atoms with E-state index in [1.807, 2.05) is 0 Å². The van der Waals surface area contributed by atoms with Crippen LogP contribution in [0.25, 0.3) is 0 Å². The number of aliphatic hydroxyl groups excluding tert-OH is 1. The van der Waals surface area contributed by atoms with E-state index in [-0.39, 0.29) is 22.9 Å². The Morgan fingerprint density at radius 2 is 2.11 bits per heavy atom. The van der Waals surface area contributed by atoms with Crippen molar-refractivity contribution in [1.82, 2.24) is 4.98 Å². The van der Waals surface area contributed by atoms with Crippen molar-refractivity contribution < 1.29 is 9.50 Å². The van der Waals surface area contributed by atoms with Crippen LogP contribution in [0.4, 0.5) is 10.2 Å². The fourth-order valence-corrected chi connectivity index (χ4v) is 2.65. The van der Waals surface area contributed by atoms with Crippen LogP contribution < -0.4 is 5.32 Å². The molecule has 2 N–H and O–H groups in total. The summed E-state index contributed by atoms with van der Waals surface area (Å²) < 4.78 is 13.6. The molecule has 0 aliphatic heterocycles. The van der Waals surface area contributed by atoms with Gasteiger partial charge < -0.3 is 10.4 Å². The number of aliphatic hydroxyl groups is 1. The van der Waals surface area contributed by atoms with Crippen molar-refractivity contribution >= 4 is 17.4 Å². The van der Waals surface area contributed by atoms with E-state index in [0.29, 0.717) is 6.54 Å². The highest BCUT2D eigenvalue weighted by molar-refractivity contribution is 6.30. The van der Waals surface area contributed by atoms with Gasteiger partial charge in [-0.3, -0.25) is 0 Å². The number of pyridine rings is 1. The number of rotatable bonds is 4. The zero-order valence-electron chi connectivity index (χ0n) is 10.3. The first-order valence-electron chi connectivity index (χ1n) is 6.31. The molecule has 0 spiro atoms. The molecule has 18 heavy (non-hydrogen) atoms. The van der Waals surface area contributed by atoms with Crippen molar-refractivity contribution in [1.29, 1.82) is 0 Å². The quantitative estimate of drug-likeness (QED) is 0.885. The van der Waals surface area contributed by atoms with Gasteiger partial charge in [0.2, 0.25) is 0 Å². The van der Waals surface area contributed by atoms with E-state index >= 15 is 0 Å². The molecule has 1 heterocycles. The van der Waals surface area contributed by atoms with Crippen molar-refractivity contribution in [3.05, 3.63) is 23.1 Å². The largest absolute Gasteiger partial charge is 0.396 e. The van der Waals surface area contributed by atoms with Crippen LogP contribution in [-0.2, 0) is 0 Å². The van der Waals surface area contributed by atoms with Crippen LogP contribution in [0.2, 0.25) is 5.02 Å². The monoisotopic (exact) mass is 272 g/mol. The molecule has 1 fully saturated rings. The fraction of sp³-hybridized carbons (Fsp3) is 0.615. The molecule has 3 nitrogen and oxygen atoms in total. The molecule has 1 saturated carbocycles. The Kier molecular flexibility index (Phi) is 4.40. The maximum Gasteiger partial charge on any atom is 0.166 e. The lowest BCUT2D eigenvalue weighted by atomic mass is 9.74. The summed E-state index contributed by atoms with van der Waals surface area (Å²) in [6, 6.07) is 1.24. The van der Waals surface area contributed by atoms with Gasteiger partial charge >= 0.3 is 0 Å². The van der Waals surface area contributed by atoms with E-state index in [9.17, 15) is 9.50 Å². The molecular formula is C13H18ClFN2O. The lowest BCUT2D eigenvalue weighted by molar-refractivity contribution is 0.0942. The second-order valence-corrected chi connectivity index (χ2v) is 5.49. The van der Waals surface area contributed by atoms with Gasteiger partial charge in [-0.25, -0.2) is 9.37 Å².